The van der Waals surface area contributed by atoms with Crippen LogP contribution in [0.25, 0.3) is 0 Å². The van der Waals surface area contributed by atoms with Crippen LogP contribution in [0.4, 0.5) is 0 Å². The van der Waals surface area contributed by atoms with Crippen LogP contribution >= 0.6 is 12.4 Å². The maximum atomic E-state index is 10.8. The Morgan fingerprint density at radius 3 is 1.70 bits per heavy atom. The molecule has 0 aromatic carbocycles. The van der Waals surface area contributed by atoms with Crippen LogP contribution in [0.3, 0.4) is 0 Å². The van der Waals surface area contributed by atoms with Crippen LogP contribution in [0, 0.1) is 0 Å². The summed E-state index contributed by atoms with van der Waals surface area (Å²) in [7, 11) is 0. The van der Waals surface area contributed by atoms with Crippen molar-refractivity contribution in [3.63, 3.8) is 0 Å². The van der Waals surface area contributed by atoms with E-state index in [1.807, 2.05) is 0 Å². The molecule has 1 nitrogen and oxygen atoms in total. The Labute approximate surface area is 68.6 Å². The van der Waals surface area contributed by atoms with Gasteiger partial charge in [-0.25, -0.2) is 0 Å². The number of carbonyl (C=O) groups excluding carboxylic acids is 1. The molecule has 0 radical (unpaired) electrons. The zero-order valence-corrected chi connectivity index (χ0v) is 7.08. The number of Topliss-reactive ketones (excluding diaryl/α,β-unsaturated/α-hetero) is 1. The Balaban J connectivity index is 0.000000810. The molecule has 0 bridgehead atoms. The van der Waals surface area contributed by atoms with Crippen LogP contribution in [0.15, 0.2) is 0 Å². The molecule has 0 unspecified atom stereocenters. The van der Waals surface area contributed by atoms with Gasteiger partial charge in [0.2, 0.25) is 0 Å². The summed E-state index contributed by atoms with van der Waals surface area (Å²) in [6, 6.07) is 0. The van der Waals surface area contributed by atoms with E-state index in [4.69, 9.17) is 0 Å². The Kier molecular flexibility index (Phi) is 5.70. The van der Waals surface area contributed by atoms with Gasteiger partial charge in [-0.1, -0.05) is 19.3 Å². The molecule has 1 aliphatic rings. The van der Waals surface area contributed by atoms with Crippen molar-refractivity contribution in [2.45, 2.75) is 44.9 Å². The average molecular weight is 163 g/mol. The first-order valence-electron chi connectivity index (χ1n) is 3.91. The van der Waals surface area contributed by atoms with E-state index in [-0.39, 0.29) is 12.4 Å². The van der Waals surface area contributed by atoms with Crippen LogP contribution in [0.2, 0.25) is 0 Å². The third-order valence-electron chi connectivity index (χ3n) is 1.91. The molecular formula is C8H15ClO. The predicted octanol–water partition coefficient (Wildman–Crippen LogP) is 2.72. The van der Waals surface area contributed by atoms with Crippen molar-refractivity contribution in [1.29, 1.82) is 0 Å². The Bertz CT molecular complexity index is 91.4. The van der Waals surface area contributed by atoms with Gasteiger partial charge >= 0.3 is 0 Å². The fraction of sp³-hybridized carbons (Fsp3) is 0.875. The van der Waals surface area contributed by atoms with E-state index in [0.717, 1.165) is 25.7 Å². The maximum absolute atomic E-state index is 10.8. The average Bonchev–Trinajstić information content (AvgIpc) is 1.79. The molecule has 0 aliphatic heterocycles. The second-order valence-corrected chi connectivity index (χ2v) is 2.81. The van der Waals surface area contributed by atoms with Crippen LogP contribution in [0.1, 0.15) is 44.9 Å². The minimum atomic E-state index is 0. The van der Waals surface area contributed by atoms with Crippen molar-refractivity contribution in [3.8, 4) is 0 Å². The van der Waals surface area contributed by atoms with Gasteiger partial charge in [0.15, 0.2) is 0 Å². The van der Waals surface area contributed by atoms with Gasteiger partial charge in [-0.2, -0.15) is 0 Å². The highest BCUT2D eigenvalue weighted by Crippen LogP contribution is 2.13. The number of hydrogen-bond acceptors (Lipinski definition) is 1. The predicted molar refractivity (Wildman–Crippen MR) is 44.6 cm³/mol. The normalized spacial score (nSPS) is 20.6. The highest BCUT2D eigenvalue weighted by atomic mass is 35.5. The lowest BCUT2D eigenvalue weighted by molar-refractivity contribution is -0.119. The Hall–Kier alpha value is -0.0400. The summed E-state index contributed by atoms with van der Waals surface area (Å²) in [4.78, 5) is 10.8. The number of carbonyl (C=O) groups is 1. The highest BCUT2D eigenvalue weighted by molar-refractivity contribution is 5.85. The minimum Gasteiger partial charge on any atom is -0.300 e. The van der Waals surface area contributed by atoms with Crippen molar-refractivity contribution in [1.82, 2.24) is 0 Å². The van der Waals surface area contributed by atoms with Gasteiger partial charge < -0.3 is 0 Å². The topological polar surface area (TPSA) is 17.1 Å². The van der Waals surface area contributed by atoms with E-state index in [1.165, 1.54) is 19.3 Å². The maximum Gasteiger partial charge on any atom is 0.132 e. The Morgan fingerprint density at radius 2 is 1.20 bits per heavy atom. The first kappa shape index (κ1) is 9.96. The number of halogens is 1. The van der Waals surface area contributed by atoms with E-state index in [9.17, 15) is 4.79 Å². The van der Waals surface area contributed by atoms with Crippen LogP contribution in [0.5, 0.6) is 0 Å². The lowest BCUT2D eigenvalue weighted by Crippen LogP contribution is -2.00. The molecule has 0 aromatic rings. The van der Waals surface area contributed by atoms with Crippen molar-refractivity contribution in [3.05, 3.63) is 0 Å². The largest absolute Gasteiger partial charge is 0.300 e. The summed E-state index contributed by atoms with van der Waals surface area (Å²) in [6.07, 6.45) is 7.85. The Morgan fingerprint density at radius 1 is 0.800 bits per heavy atom. The molecule has 0 saturated heterocycles. The summed E-state index contributed by atoms with van der Waals surface area (Å²) >= 11 is 0. The monoisotopic (exact) mass is 162 g/mol. The molecule has 0 atom stereocenters. The number of rotatable bonds is 0. The number of ketones is 1. The molecule has 0 amide bonds. The van der Waals surface area contributed by atoms with Crippen LogP contribution < -0.4 is 0 Å². The molecule has 1 saturated carbocycles. The fourth-order valence-electron chi connectivity index (χ4n) is 1.30. The standard InChI is InChI=1S/C8H14O.ClH/c9-8-6-4-2-1-3-5-7-8;/h1-7H2;1H. The van der Waals surface area contributed by atoms with Gasteiger partial charge in [-0.15, -0.1) is 12.4 Å². The summed E-state index contributed by atoms with van der Waals surface area (Å²) in [5.41, 5.74) is 0. The molecule has 0 heterocycles. The summed E-state index contributed by atoms with van der Waals surface area (Å²) in [5.74, 6) is 0.481. The minimum absolute atomic E-state index is 0. The van der Waals surface area contributed by atoms with Crippen molar-refractivity contribution < 1.29 is 4.79 Å². The van der Waals surface area contributed by atoms with E-state index >= 15 is 0 Å². The van der Waals surface area contributed by atoms with E-state index < -0.39 is 0 Å². The molecule has 0 N–H and O–H groups in total. The van der Waals surface area contributed by atoms with Crippen molar-refractivity contribution in [2.24, 2.45) is 0 Å². The molecule has 1 rings (SSSR count). The van der Waals surface area contributed by atoms with Crippen LogP contribution in [-0.4, -0.2) is 5.78 Å². The zero-order valence-electron chi connectivity index (χ0n) is 6.27. The molecule has 10 heavy (non-hydrogen) atoms. The SMILES string of the molecule is Cl.O=C1CCCCCCC1. The van der Waals surface area contributed by atoms with Crippen molar-refractivity contribution in [2.75, 3.05) is 0 Å². The molecule has 0 spiro atoms. The fourth-order valence-corrected chi connectivity index (χ4v) is 1.30. The van der Waals surface area contributed by atoms with Gasteiger partial charge in [0.25, 0.3) is 0 Å². The molecular weight excluding hydrogens is 148 g/mol. The second kappa shape index (κ2) is 5.72. The molecule has 1 aliphatic carbocycles. The summed E-state index contributed by atoms with van der Waals surface area (Å²) in [5, 5.41) is 0. The smallest absolute Gasteiger partial charge is 0.132 e. The number of hydrogen-bond donors (Lipinski definition) is 0. The van der Waals surface area contributed by atoms with Gasteiger partial charge in [0.1, 0.15) is 5.78 Å². The first-order valence-corrected chi connectivity index (χ1v) is 3.91. The van der Waals surface area contributed by atoms with Gasteiger partial charge in [0.05, 0.1) is 0 Å². The van der Waals surface area contributed by atoms with E-state index in [0.29, 0.717) is 5.78 Å². The molecule has 60 valence electrons. The van der Waals surface area contributed by atoms with E-state index in [2.05, 4.69) is 0 Å². The lowest BCUT2D eigenvalue weighted by atomic mass is 10.0. The third kappa shape index (κ3) is 3.89. The molecule has 1 fully saturated rings. The van der Waals surface area contributed by atoms with E-state index in [1.54, 1.807) is 0 Å². The zero-order chi connectivity index (χ0) is 6.53. The summed E-state index contributed by atoms with van der Waals surface area (Å²) in [6.45, 7) is 0. The van der Waals surface area contributed by atoms with Gasteiger partial charge in [-0.05, 0) is 12.8 Å². The van der Waals surface area contributed by atoms with Crippen molar-refractivity contribution >= 4 is 18.2 Å². The van der Waals surface area contributed by atoms with Gasteiger partial charge in [-0.3, -0.25) is 4.79 Å². The third-order valence-corrected chi connectivity index (χ3v) is 1.91. The molecule has 0 aromatic heterocycles. The lowest BCUT2D eigenvalue weighted by Gasteiger charge is -2.05. The summed E-state index contributed by atoms with van der Waals surface area (Å²) < 4.78 is 0. The first-order chi connectivity index (χ1) is 4.39. The van der Waals surface area contributed by atoms with Gasteiger partial charge in [0, 0.05) is 12.8 Å². The second-order valence-electron chi connectivity index (χ2n) is 2.81. The highest BCUT2D eigenvalue weighted by Gasteiger charge is 2.04. The van der Waals surface area contributed by atoms with Crippen LogP contribution in [-0.2, 0) is 4.79 Å². The quantitative estimate of drug-likeness (QED) is 0.536. The molecule has 2 heteroatoms.